The maximum Gasteiger partial charge on any atom is 0.220 e. The molecule has 0 aromatic rings. The zero-order valence-electron chi connectivity index (χ0n) is 12.6. The van der Waals surface area contributed by atoms with Crippen LogP contribution < -0.4 is 5.32 Å². The van der Waals surface area contributed by atoms with Crippen molar-refractivity contribution in [2.45, 2.75) is 79.7 Å². The lowest BCUT2D eigenvalue weighted by molar-refractivity contribution is -0.122. The van der Waals surface area contributed by atoms with Crippen LogP contribution in [-0.4, -0.2) is 11.9 Å². The molecule has 2 atom stereocenters. The number of carbonyl (C=O) groups excluding carboxylic acids is 1. The summed E-state index contributed by atoms with van der Waals surface area (Å²) in [6.07, 6.45) is 5.15. The minimum atomic E-state index is 0.215. The Labute approximate surface area is 108 Å². The highest BCUT2D eigenvalue weighted by molar-refractivity contribution is 5.76. The zero-order chi connectivity index (χ0) is 13.5. The first-order chi connectivity index (χ1) is 7.76. The van der Waals surface area contributed by atoms with Crippen molar-refractivity contribution in [1.82, 2.24) is 5.32 Å². The SMILES string of the molecule is CCC(C)[C@H](C)NC(=O)CCCCC(C)(C)C. The van der Waals surface area contributed by atoms with E-state index >= 15 is 0 Å². The number of unbranched alkanes of at least 4 members (excludes halogenated alkanes) is 1. The Hall–Kier alpha value is -0.530. The van der Waals surface area contributed by atoms with E-state index in [4.69, 9.17) is 0 Å². The Balaban J connectivity index is 3.67. The molecule has 0 saturated carbocycles. The molecule has 0 rings (SSSR count). The molecule has 17 heavy (non-hydrogen) atoms. The minimum Gasteiger partial charge on any atom is -0.353 e. The van der Waals surface area contributed by atoms with Gasteiger partial charge in [0.05, 0.1) is 0 Å². The van der Waals surface area contributed by atoms with Crippen molar-refractivity contribution < 1.29 is 4.79 Å². The fourth-order valence-electron chi connectivity index (χ4n) is 1.76. The summed E-state index contributed by atoms with van der Waals surface area (Å²) in [4.78, 5) is 11.7. The van der Waals surface area contributed by atoms with Crippen molar-refractivity contribution >= 4 is 5.91 Å². The molecule has 0 aromatic carbocycles. The first-order valence-electron chi connectivity index (χ1n) is 7.05. The molecular weight excluding hydrogens is 210 g/mol. The van der Waals surface area contributed by atoms with Crippen molar-refractivity contribution in [3.05, 3.63) is 0 Å². The van der Waals surface area contributed by atoms with Crippen molar-refractivity contribution in [2.24, 2.45) is 11.3 Å². The van der Waals surface area contributed by atoms with Crippen molar-refractivity contribution in [2.75, 3.05) is 0 Å². The highest BCUT2D eigenvalue weighted by atomic mass is 16.1. The second kappa shape index (κ2) is 7.73. The number of rotatable bonds is 7. The van der Waals surface area contributed by atoms with Gasteiger partial charge in [0.25, 0.3) is 0 Å². The molecule has 102 valence electrons. The number of carbonyl (C=O) groups is 1. The smallest absolute Gasteiger partial charge is 0.220 e. The molecule has 1 N–H and O–H groups in total. The molecular formula is C15H31NO. The molecule has 0 aromatic heterocycles. The molecule has 0 saturated heterocycles. The van der Waals surface area contributed by atoms with Crippen molar-refractivity contribution in [1.29, 1.82) is 0 Å². The van der Waals surface area contributed by atoms with E-state index < -0.39 is 0 Å². The molecule has 0 radical (unpaired) electrons. The van der Waals surface area contributed by atoms with Gasteiger partial charge in [-0.3, -0.25) is 4.79 Å². The van der Waals surface area contributed by atoms with Crippen molar-refractivity contribution in [3.63, 3.8) is 0 Å². The molecule has 1 unspecified atom stereocenters. The van der Waals surface area contributed by atoms with E-state index in [2.05, 4.69) is 46.9 Å². The molecule has 0 fully saturated rings. The summed E-state index contributed by atoms with van der Waals surface area (Å²) in [7, 11) is 0. The van der Waals surface area contributed by atoms with Gasteiger partial charge in [-0.2, -0.15) is 0 Å². The average Bonchev–Trinajstić information content (AvgIpc) is 2.21. The number of nitrogens with one attached hydrogen (secondary N) is 1. The van der Waals surface area contributed by atoms with Crippen LogP contribution in [-0.2, 0) is 4.79 Å². The summed E-state index contributed by atoms with van der Waals surface area (Å²) in [6.45, 7) is 13.2. The van der Waals surface area contributed by atoms with Gasteiger partial charge in [-0.05, 0) is 31.1 Å². The maximum atomic E-state index is 11.7. The second-order valence-electron chi connectivity index (χ2n) is 6.51. The number of hydrogen-bond acceptors (Lipinski definition) is 1. The highest BCUT2D eigenvalue weighted by Gasteiger charge is 2.13. The second-order valence-corrected chi connectivity index (χ2v) is 6.51. The van der Waals surface area contributed by atoms with Crippen LogP contribution in [0.5, 0.6) is 0 Å². The molecule has 0 aliphatic rings. The largest absolute Gasteiger partial charge is 0.353 e. The van der Waals surface area contributed by atoms with E-state index in [0.29, 0.717) is 23.8 Å². The summed E-state index contributed by atoms with van der Waals surface area (Å²) in [5.41, 5.74) is 0.389. The van der Waals surface area contributed by atoms with Crippen LogP contribution in [0.15, 0.2) is 0 Å². The Kier molecular flexibility index (Phi) is 7.49. The highest BCUT2D eigenvalue weighted by Crippen LogP contribution is 2.21. The monoisotopic (exact) mass is 241 g/mol. The lowest BCUT2D eigenvalue weighted by Crippen LogP contribution is -2.36. The number of amides is 1. The van der Waals surface area contributed by atoms with E-state index in [9.17, 15) is 4.79 Å². The quantitative estimate of drug-likeness (QED) is 0.667. The van der Waals surface area contributed by atoms with Gasteiger partial charge in [-0.15, -0.1) is 0 Å². The van der Waals surface area contributed by atoms with Crippen LogP contribution >= 0.6 is 0 Å². The van der Waals surface area contributed by atoms with E-state index in [-0.39, 0.29) is 5.91 Å². The van der Waals surface area contributed by atoms with Gasteiger partial charge >= 0.3 is 0 Å². The summed E-state index contributed by atoms with van der Waals surface area (Å²) in [5, 5.41) is 3.09. The van der Waals surface area contributed by atoms with E-state index in [1.54, 1.807) is 0 Å². The summed E-state index contributed by atoms with van der Waals surface area (Å²) < 4.78 is 0. The first kappa shape index (κ1) is 16.5. The summed E-state index contributed by atoms with van der Waals surface area (Å²) in [6, 6.07) is 0.301. The minimum absolute atomic E-state index is 0.215. The molecule has 0 aliphatic carbocycles. The molecule has 1 amide bonds. The number of hydrogen-bond donors (Lipinski definition) is 1. The third-order valence-electron chi connectivity index (χ3n) is 3.47. The lowest BCUT2D eigenvalue weighted by atomic mass is 9.89. The standard InChI is InChI=1S/C15H31NO/c1-7-12(2)13(3)16-14(17)10-8-9-11-15(4,5)6/h12-13H,7-11H2,1-6H3,(H,16,17)/t12?,13-/m0/s1. The third-order valence-corrected chi connectivity index (χ3v) is 3.47. The molecule has 2 heteroatoms. The topological polar surface area (TPSA) is 29.1 Å². The Morgan fingerprint density at radius 3 is 2.24 bits per heavy atom. The van der Waals surface area contributed by atoms with Crippen LogP contribution in [0.3, 0.4) is 0 Å². The van der Waals surface area contributed by atoms with Crippen LogP contribution in [0, 0.1) is 11.3 Å². The molecule has 2 nitrogen and oxygen atoms in total. The normalized spacial score (nSPS) is 15.4. The summed E-state index contributed by atoms with van der Waals surface area (Å²) >= 11 is 0. The molecule has 0 aliphatic heterocycles. The predicted molar refractivity (Wildman–Crippen MR) is 75.0 cm³/mol. The van der Waals surface area contributed by atoms with Crippen molar-refractivity contribution in [3.8, 4) is 0 Å². The van der Waals surface area contributed by atoms with Gasteiger partial charge in [0.1, 0.15) is 0 Å². The third kappa shape index (κ3) is 9.20. The Morgan fingerprint density at radius 1 is 1.18 bits per heavy atom. The van der Waals surface area contributed by atoms with Crippen LogP contribution in [0.1, 0.15) is 73.6 Å². The maximum absolute atomic E-state index is 11.7. The van der Waals surface area contributed by atoms with Gasteiger partial charge in [0.15, 0.2) is 0 Å². The Bertz CT molecular complexity index is 217. The molecule has 0 spiro atoms. The molecule has 0 bridgehead atoms. The van der Waals surface area contributed by atoms with Gasteiger partial charge in [-0.1, -0.05) is 47.5 Å². The predicted octanol–water partition coefficient (Wildman–Crippen LogP) is 4.14. The van der Waals surface area contributed by atoms with Gasteiger partial charge in [0, 0.05) is 12.5 Å². The van der Waals surface area contributed by atoms with E-state index in [0.717, 1.165) is 19.3 Å². The van der Waals surface area contributed by atoms with Crippen LogP contribution in [0.4, 0.5) is 0 Å². The average molecular weight is 241 g/mol. The molecule has 0 heterocycles. The van der Waals surface area contributed by atoms with Gasteiger partial charge < -0.3 is 5.32 Å². The first-order valence-corrected chi connectivity index (χ1v) is 7.05. The Morgan fingerprint density at radius 2 is 1.76 bits per heavy atom. The lowest BCUT2D eigenvalue weighted by Gasteiger charge is -2.20. The van der Waals surface area contributed by atoms with Gasteiger partial charge in [0.2, 0.25) is 5.91 Å². The zero-order valence-corrected chi connectivity index (χ0v) is 12.6. The fraction of sp³-hybridized carbons (Fsp3) is 0.933. The van der Waals surface area contributed by atoms with Crippen LogP contribution in [0.25, 0.3) is 0 Å². The fourth-order valence-corrected chi connectivity index (χ4v) is 1.76. The van der Waals surface area contributed by atoms with E-state index in [1.807, 2.05) is 0 Å². The van der Waals surface area contributed by atoms with E-state index in [1.165, 1.54) is 6.42 Å². The summed E-state index contributed by atoms with van der Waals surface area (Å²) in [5.74, 6) is 0.778. The van der Waals surface area contributed by atoms with Crippen LogP contribution in [0.2, 0.25) is 0 Å². The van der Waals surface area contributed by atoms with Gasteiger partial charge in [-0.25, -0.2) is 0 Å².